The van der Waals surface area contributed by atoms with Gasteiger partial charge in [-0.3, -0.25) is 9.88 Å². The van der Waals surface area contributed by atoms with Gasteiger partial charge in [0.25, 0.3) is 0 Å². The van der Waals surface area contributed by atoms with E-state index in [0.717, 1.165) is 13.1 Å². The first-order valence-corrected chi connectivity index (χ1v) is 6.54. The van der Waals surface area contributed by atoms with Crippen LogP contribution < -0.4 is 5.73 Å². The highest BCUT2D eigenvalue weighted by molar-refractivity contribution is 5.85. The molecule has 1 aromatic rings. The van der Waals surface area contributed by atoms with Crippen molar-refractivity contribution >= 4 is 12.4 Å². The molecule has 0 aromatic carbocycles. The number of rotatable bonds is 3. The average molecular weight is 270 g/mol. The molecule has 0 radical (unpaired) electrons. The number of nitrogens with two attached hydrogens (primary N) is 1. The van der Waals surface area contributed by atoms with Gasteiger partial charge in [0.1, 0.15) is 0 Å². The lowest BCUT2D eigenvalue weighted by Gasteiger charge is -2.34. The van der Waals surface area contributed by atoms with E-state index in [2.05, 4.69) is 35.9 Å². The lowest BCUT2D eigenvalue weighted by Crippen LogP contribution is -2.42. The van der Waals surface area contributed by atoms with E-state index in [0.29, 0.717) is 12.0 Å². The molecule has 1 aliphatic rings. The minimum Gasteiger partial charge on any atom is -0.328 e. The molecular formula is C14H24ClN3. The topological polar surface area (TPSA) is 42.1 Å². The molecule has 0 amide bonds. The minimum absolute atomic E-state index is 0. The summed E-state index contributed by atoms with van der Waals surface area (Å²) in [7, 11) is 0. The van der Waals surface area contributed by atoms with E-state index in [1.165, 1.54) is 30.6 Å². The predicted octanol–water partition coefficient (Wildman–Crippen LogP) is 2.37. The molecule has 0 spiro atoms. The molecule has 2 heterocycles. The van der Waals surface area contributed by atoms with Gasteiger partial charge in [-0.2, -0.15) is 0 Å². The van der Waals surface area contributed by atoms with Gasteiger partial charge in [-0.25, -0.2) is 0 Å². The Labute approximate surface area is 116 Å². The second-order valence-corrected chi connectivity index (χ2v) is 5.32. The van der Waals surface area contributed by atoms with E-state index in [-0.39, 0.29) is 12.4 Å². The van der Waals surface area contributed by atoms with Crippen molar-refractivity contribution in [3.63, 3.8) is 0 Å². The maximum atomic E-state index is 6.00. The predicted molar refractivity (Wildman–Crippen MR) is 77.9 cm³/mol. The van der Waals surface area contributed by atoms with E-state index in [1.54, 1.807) is 0 Å². The summed E-state index contributed by atoms with van der Waals surface area (Å²) in [6.45, 7) is 7.46. The van der Waals surface area contributed by atoms with Gasteiger partial charge in [-0.15, -0.1) is 12.4 Å². The van der Waals surface area contributed by atoms with Crippen LogP contribution in [0.4, 0.5) is 0 Å². The van der Waals surface area contributed by atoms with Crippen molar-refractivity contribution in [2.45, 2.75) is 39.3 Å². The average Bonchev–Trinajstić information content (AvgIpc) is 2.32. The number of nitrogens with zero attached hydrogens (tertiary/aromatic N) is 2. The Kier molecular flexibility index (Phi) is 6.06. The molecule has 2 rings (SSSR count). The summed E-state index contributed by atoms with van der Waals surface area (Å²) in [6.07, 6.45) is 4.48. The van der Waals surface area contributed by atoms with Crippen molar-refractivity contribution in [3.05, 3.63) is 29.6 Å². The number of aryl methyl sites for hydroxylation is 1. The SMILES string of the molecule is Cc1ccc(CN2CCCC(C(C)N)C2)nc1.Cl. The van der Waals surface area contributed by atoms with Crippen LogP contribution in [0.1, 0.15) is 31.0 Å². The molecule has 1 saturated heterocycles. The molecule has 1 aromatic heterocycles. The number of aromatic nitrogens is 1. The van der Waals surface area contributed by atoms with Gasteiger partial charge in [0, 0.05) is 25.3 Å². The second-order valence-electron chi connectivity index (χ2n) is 5.32. The molecule has 3 nitrogen and oxygen atoms in total. The number of piperidine rings is 1. The number of likely N-dealkylation sites (tertiary alicyclic amines) is 1. The molecule has 2 N–H and O–H groups in total. The molecule has 2 atom stereocenters. The molecule has 0 saturated carbocycles. The van der Waals surface area contributed by atoms with Gasteiger partial charge < -0.3 is 5.73 Å². The third-order valence-corrected chi connectivity index (χ3v) is 3.64. The second kappa shape index (κ2) is 7.07. The monoisotopic (exact) mass is 269 g/mol. The van der Waals surface area contributed by atoms with Crippen molar-refractivity contribution in [2.24, 2.45) is 11.7 Å². The van der Waals surface area contributed by atoms with Gasteiger partial charge in [-0.05, 0) is 50.8 Å². The summed E-state index contributed by atoms with van der Waals surface area (Å²) in [5, 5.41) is 0. The molecule has 1 fully saturated rings. The Bertz CT molecular complexity index is 351. The summed E-state index contributed by atoms with van der Waals surface area (Å²) in [6, 6.07) is 4.57. The van der Waals surface area contributed by atoms with Crippen LogP contribution in [0.5, 0.6) is 0 Å². The molecule has 2 unspecified atom stereocenters. The van der Waals surface area contributed by atoms with Gasteiger partial charge in [-0.1, -0.05) is 6.07 Å². The van der Waals surface area contributed by atoms with Crippen LogP contribution in [0.15, 0.2) is 18.3 Å². The van der Waals surface area contributed by atoms with Crippen molar-refractivity contribution in [1.29, 1.82) is 0 Å². The fourth-order valence-electron chi connectivity index (χ4n) is 2.49. The third-order valence-electron chi connectivity index (χ3n) is 3.64. The van der Waals surface area contributed by atoms with Crippen molar-refractivity contribution in [1.82, 2.24) is 9.88 Å². The van der Waals surface area contributed by atoms with Gasteiger partial charge >= 0.3 is 0 Å². The zero-order valence-corrected chi connectivity index (χ0v) is 12.1. The van der Waals surface area contributed by atoms with E-state index in [4.69, 9.17) is 5.73 Å². The minimum atomic E-state index is 0. The third kappa shape index (κ3) is 4.23. The number of hydrogen-bond acceptors (Lipinski definition) is 3. The zero-order chi connectivity index (χ0) is 12.3. The largest absolute Gasteiger partial charge is 0.328 e. The highest BCUT2D eigenvalue weighted by Gasteiger charge is 2.22. The van der Waals surface area contributed by atoms with Crippen LogP contribution in [0, 0.1) is 12.8 Å². The van der Waals surface area contributed by atoms with E-state index in [9.17, 15) is 0 Å². The fourth-order valence-corrected chi connectivity index (χ4v) is 2.49. The van der Waals surface area contributed by atoms with Gasteiger partial charge in [0.05, 0.1) is 5.69 Å². The summed E-state index contributed by atoms with van der Waals surface area (Å²) in [5.74, 6) is 0.647. The number of hydrogen-bond donors (Lipinski definition) is 1. The van der Waals surface area contributed by atoms with E-state index < -0.39 is 0 Å². The molecular weight excluding hydrogens is 246 g/mol. The summed E-state index contributed by atoms with van der Waals surface area (Å²) >= 11 is 0. The smallest absolute Gasteiger partial charge is 0.0544 e. The normalized spacial score (nSPS) is 22.3. The van der Waals surface area contributed by atoms with Gasteiger partial charge in [0.2, 0.25) is 0 Å². The van der Waals surface area contributed by atoms with Crippen molar-refractivity contribution in [3.8, 4) is 0 Å². The van der Waals surface area contributed by atoms with Crippen LogP contribution >= 0.6 is 12.4 Å². The van der Waals surface area contributed by atoms with Gasteiger partial charge in [0.15, 0.2) is 0 Å². The van der Waals surface area contributed by atoms with Crippen molar-refractivity contribution in [2.75, 3.05) is 13.1 Å². The van der Waals surface area contributed by atoms with Crippen molar-refractivity contribution < 1.29 is 0 Å². The number of pyridine rings is 1. The Morgan fingerprint density at radius 2 is 2.28 bits per heavy atom. The standard InChI is InChI=1S/C14H23N3.ClH/c1-11-5-6-14(16-8-11)10-17-7-3-4-13(9-17)12(2)15;/h5-6,8,12-13H,3-4,7,9-10,15H2,1-2H3;1H. The first-order chi connectivity index (χ1) is 8.15. The Balaban J connectivity index is 0.00000162. The zero-order valence-electron chi connectivity index (χ0n) is 11.3. The Morgan fingerprint density at radius 1 is 1.50 bits per heavy atom. The fraction of sp³-hybridized carbons (Fsp3) is 0.643. The molecule has 102 valence electrons. The highest BCUT2D eigenvalue weighted by Crippen LogP contribution is 2.20. The molecule has 0 bridgehead atoms. The maximum Gasteiger partial charge on any atom is 0.0544 e. The quantitative estimate of drug-likeness (QED) is 0.916. The van der Waals surface area contributed by atoms with Crippen LogP contribution in [0.3, 0.4) is 0 Å². The molecule has 18 heavy (non-hydrogen) atoms. The van der Waals surface area contributed by atoms with Crippen LogP contribution in [0.2, 0.25) is 0 Å². The molecule has 0 aliphatic carbocycles. The molecule has 4 heteroatoms. The summed E-state index contributed by atoms with van der Waals surface area (Å²) < 4.78 is 0. The Morgan fingerprint density at radius 3 is 2.89 bits per heavy atom. The Hall–Kier alpha value is -0.640. The van der Waals surface area contributed by atoms with Crippen LogP contribution in [-0.2, 0) is 6.54 Å². The van der Waals surface area contributed by atoms with E-state index in [1.807, 2.05) is 6.20 Å². The molecule has 1 aliphatic heterocycles. The highest BCUT2D eigenvalue weighted by atomic mass is 35.5. The first kappa shape index (κ1) is 15.4. The van der Waals surface area contributed by atoms with E-state index >= 15 is 0 Å². The lowest BCUT2D eigenvalue weighted by atomic mass is 9.92. The van der Waals surface area contributed by atoms with Crippen LogP contribution in [0.25, 0.3) is 0 Å². The maximum absolute atomic E-state index is 6.00. The number of halogens is 1. The summed E-state index contributed by atoms with van der Waals surface area (Å²) in [5.41, 5.74) is 8.39. The lowest BCUT2D eigenvalue weighted by molar-refractivity contribution is 0.153. The first-order valence-electron chi connectivity index (χ1n) is 6.54. The summed E-state index contributed by atoms with van der Waals surface area (Å²) in [4.78, 5) is 6.95. The van der Waals surface area contributed by atoms with Crippen LogP contribution in [-0.4, -0.2) is 29.0 Å².